The van der Waals surface area contributed by atoms with Gasteiger partial charge in [-0.25, -0.2) is 0 Å². The molecule has 2 nitrogen and oxygen atoms in total. The van der Waals surface area contributed by atoms with E-state index >= 15 is 0 Å². The second kappa shape index (κ2) is 7.10. The number of hydrogen-bond donors (Lipinski definition) is 0. The minimum Gasteiger partial charge on any atom is -0.496 e. The number of rotatable bonds is 6. The van der Waals surface area contributed by atoms with E-state index in [1.165, 1.54) is 11.1 Å². The molecule has 0 N–H and O–H groups in total. The molecule has 0 atom stereocenters. The highest BCUT2D eigenvalue weighted by Gasteiger charge is 2.22. The summed E-state index contributed by atoms with van der Waals surface area (Å²) in [5.41, 5.74) is 2.37. The summed E-state index contributed by atoms with van der Waals surface area (Å²) in [5, 5.41) is 0. The molecule has 3 heteroatoms. The predicted octanol–water partition coefficient (Wildman–Crippen LogP) is 4.95. The molecule has 0 amide bonds. The molecule has 0 saturated carbocycles. The second-order valence-corrected chi connectivity index (χ2v) is 6.57. The summed E-state index contributed by atoms with van der Waals surface area (Å²) in [5.74, 6) is 0.847. The average Bonchev–Trinajstić information content (AvgIpc) is 2.48. The summed E-state index contributed by atoms with van der Waals surface area (Å²) in [6.45, 7) is 5.68. The topological polar surface area (TPSA) is 18.5 Å². The fourth-order valence-electron chi connectivity index (χ4n) is 2.17. The van der Waals surface area contributed by atoms with Crippen LogP contribution in [-0.4, -0.2) is 13.7 Å². The molecule has 2 aromatic carbocycles. The minimum absolute atomic E-state index is 0.0520. The maximum atomic E-state index is 5.89. The number of hydrogen-bond acceptors (Lipinski definition) is 2. The van der Waals surface area contributed by atoms with Crippen LogP contribution in [0, 0.1) is 0 Å². The molecule has 2 rings (SSSR count). The second-order valence-electron chi connectivity index (χ2n) is 5.71. The molecule has 0 aliphatic heterocycles. The lowest BCUT2D eigenvalue weighted by atomic mass is 9.85. The summed E-state index contributed by atoms with van der Waals surface area (Å²) in [6.07, 6.45) is 0. The van der Waals surface area contributed by atoms with Gasteiger partial charge in [0.15, 0.2) is 0 Å². The van der Waals surface area contributed by atoms with Gasteiger partial charge in [-0.3, -0.25) is 0 Å². The van der Waals surface area contributed by atoms with E-state index in [2.05, 4.69) is 54.0 Å². The maximum Gasteiger partial charge on any atom is 0.133 e. The van der Waals surface area contributed by atoms with Crippen molar-refractivity contribution >= 4 is 15.9 Å². The van der Waals surface area contributed by atoms with E-state index in [9.17, 15) is 0 Å². The molecular formula is C18H21BrO2. The summed E-state index contributed by atoms with van der Waals surface area (Å²) >= 11 is 3.54. The number of benzene rings is 2. The van der Waals surface area contributed by atoms with Gasteiger partial charge in [0.1, 0.15) is 5.75 Å². The lowest BCUT2D eigenvalue weighted by Gasteiger charge is -2.25. The molecule has 0 saturated heterocycles. The van der Waals surface area contributed by atoms with Gasteiger partial charge in [-0.05, 0) is 39.2 Å². The molecule has 0 heterocycles. The third kappa shape index (κ3) is 4.32. The third-order valence-corrected chi connectivity index (χ3v) is 4.13. The molecule has 0 aromatic heterocycles. The van der Waals surface area contributed by atoms with Crippen LogP contribution in [0.2, 0.25) is 0 Å². The zero-order chi connectivity index (χ0) is 15.3. The molecule has 2 aromatic rings. The Balaban J connectivity index is 1.99. The van der Waals surface area contributed by atoms with E-state index in [0.717, 1.165) is 10.2 Å². The van der Waals surface area contributed by atoms with Crippen LogP contribution in [0.15, 0.2) is 53.0 Å². The largest absolute Gasteiger partial charge is 0.496 e. The highest BCUT2D eigenvalue weighted by molar-refractivity contribution is 9.10. The van der Waals surface area contributed by atoms with Crippen molar-refractivity contribution in [3.05, 3.63) is 64.1 Å². The van der Waals surface area contributed by atoms with E-state index in [1.807, 2.05) is 24.3 Å². The maximum absolute atomic E-state index is 5.89. The van der Waals surface area contributed by atoms with Crippen LogP contribution < -0.4 is 4.74 Å². The highest BCUT2D eigenvalue weighted by Crippen LogP contribution is 2.31. The Hall–Kier alpha value is -1.32. The smallest absolute Gasteiger partial charge is 0.133 e. The number of halogens is 1. The summed E-state index contributed by atoms with van der Waals surface area (Å²) in [4.78, 5) is 0. The van der Waals surface area contributed by atoms with Crippen molar-refractivity contribution in [2.75, 3.05) is 13.7 Å². The molecule has 0 aliphatic rings. The Morgan fingerprint density at radius 3 is 2.38 bits per heavy atom. The van der Waals surface area contributed by atoms with Crippen molar-refractivity contribution in [3.8, 4) is 5.75 Å². The van der Waals surface area contributed by atoms with Crippen LogP contribution in [0.4, 0.5) is 0 Å². The minimum atomic E-state index is -0.0520. The molecule has 21 heavy (non-hydrogen) atoms. The van der Waals surface area contributed by atoms with Crippen molar-refractivity contribution in [1.82, 2.24) is 0 Å². The lowest BCUT2D eigenvalue weighted by molar-refractivity contribution is 0.0824. The first-order chi connectivity index (χ1) is 10.0. The van der Waals surface area contributed by atoms with E-state index < -0.39 is 0 Å². The van der Waals surface area contributed by atoms with Gasteiger partial charge in [-0.1, -0.05) is 50.2 Å². The van der Waals surface area contributed by atoms with Gasteiger partial charge in [-0.2, -0.15) is 0 Å². The Labute approximate surface area is 135 Å². The fourth-order valence-corrected chi connectivity index (χ4v) is 2.71. The molecule has 0 radical (unpaired) electrons. The summed E-state index contributed by atoms with van der Waals surface area (Å²) < 4.78 is 12.1. The SMILES string of the molecule is COc1ccc(C(C)(C)COCc2ccccc2)cc1Br. The first-order valence-corrected chi connectivity index (χ1v) is 7.78. The highest BCUT2D eigenvalue weighted by atomic mass is 79.9. The van der Waals surface area contributed by atoms with Crippen molar-refractivity contribution in [2.45, 2.75) is 25.9 Å². The molecule has 0 fully saturated rings. The zero-order valence-electron chi connectivity index (χ0n) is 12.7. The van der Waals surface area contributed by atoms with Crippen LogP contribution in [0.3, 0.4) is 0 Å². The van der Waals surface area contributed by atoms with Crippen LogP contribution >= 0.6 is 15.9 Å². The molecule has 112 valence electrons. The molecular weight excluding hydrogens is 328 g/mol. The zero-order valence-corrected chi connectivity index (χ0v) is 14.3. The standard InChI is InChI=1S/C18H21BrO2/c1-18(2,13-21-12-14-7-5-4-6-8-14)15-9-10-17(20-3)16(19)11-15/h4-11H,12-13H2,1-3H3. The normalized spacial score (nSPS) is 11.4. The molecule has 0 spiro atoms. The Kier molecular flexibility index (Phi) is 5.43. The van der Waals surface area contributed by atoms with Gasteiger partial charge in [0, 0.05) is 5.41 Å². The fraction of sp³-hybridized carbons (Fsp3) is 0.333. The van der Waals surface area contributed by atoms with Gasteiger partial charge in [0.05, 0.1) is 24.8 Å². The van der Waals surface area contributed by atoms with Gasteiger partial charge in [0.2, 0.25) is 0 Å². The molecule has 0 unspecified atom stereocenters. The van der Waals surface area contributed by atoms with E-state index in [-0.39, 0.29) is 5.41 Å². The first-order valence-electron chi connectivity index (χ1n) is 6.98. The first kappa shape index (κ1) is 16.1. The quantitative estimate of drug-likeness (QED) is 0.734. The average molecular weight is 349 g/mol. The van der Waals surface area contributed by atoms with Crippen molar-refractivity contribution in [1.29, 1.82) is 0 Å². The van der Waals surface area contributed by atoms with Crippen LogP contribution in [0.1, 0.15) is 25.0 Å². The van der Waals surface area contributed by atoms with Gasteiger partial charge >= 0.3 is 0 Å². The summed E-state index contributed by atoms with van der Waals surface area (Å²) in [7, 11) is 1.67. The van der Waals surface area contributed by atoms with Crippen LogP contribution in [-0.2, 0) is 16.8 Å². The van der Waals surface area contributed by atoms with Crippen LogP contribution in [0.25, 0.3) is 0 Å². The van der Waals surface area contributed by atoms with Gasteiger partial charge in [0.25, 0.3) is 0 Å². The number of ether oxygens (including phenoxy) is 2. The van der Waals surface area contributed by atoms with Crippen LogP contribution in [0.5, 0.6) is 5.75 Å². The van der Waals surface area contributed by atoms with Crippen molar-refractivity contribution < 1.29 is 9.47 Å². The number of methoxy groups -OCH3 is 1. The monoisotopic (exact) mass is 348 g/mol. The predicted molar refractivity (Wildman–Crippen MR) is 89.8 cm³/mol. The van der Waals surface area contributed by atoms with Gasteiger partial charge < -0.3 is 9.47 Å². The van der Waals surface area contributed by atoms with Crippen molar-refractivity contribution in [2.24, 2.45) is 0 Å². The third-order valence-electron chi connectivity index (χ3n) is 3.51. The van der Waals surface area contributed by atoms with Gasteiger partial charge in [-0.15, -0.1) is 0 Å². The molecule has 0 bridgehead atoms. The Morgan fingerprint density at radius 1 is 1.05 bits per heavy atom. The Bertz CT molecular complexity index is 579. The van der Waals surface area contributed by atoms with E-state index in [4.69, 9.17) is 9.47 Å². The van der Waals surface area contributed by atoms with E-state index in [1.54, 1.807) is 7.11 Å². The summed E-state index contributed by atoms with van der Waals surface area (Å²) in [6, 6.07) is 16.4. The van der Waals surface area contributed by atoms with E-state index in [0.29, 0.717) is 13.2 Å². The van der Waals surface area contributed by atoms with Crippen molar-refractivity contribution in [3.63, 3.8) is 0 Å². The lowest BCUT2D eigenvalue weighted by Crippen LogP contribution is -2.24. The Morgan fingerprint density at radius 2 is 1.76 bits per heavy atom. The molecule has 0 aliphatic carbocycles.